The van der Waals surface area contributed by atoms with Gasteiger partial charge in [0.1, 0.15) is 0 Å². The molecule has 94 valence electrons. The Morgan fingerprint density at radius 1 is 1.35 bits per heavy atom. The average Bonchev–Trinajstić information content (AvgIpc) is 2.92. The number of anilines is 1. The molecule has 0 aromatic carbocycles. The van der Waals surface area contributed by atoms with Gasteiger partial charge in [-0.15, -0.1) is 11.3 Å². The van der Waals surface area contributed by atoms with E-state index in [2.05, 4.69) is 29.0 Å². The molecule has 2 heterocycles. The highest BCUT2D eigenvalue weighted by molar-refractivity contribution is 7.15. The predicted octanol–water partition coefficient (Wildman–Crippen LogP) is 2.49. The number of nitrogens with one attached hydrogen (secondary N) is 1. The van der Waals surface area contributed by atoms with E-state index >= 15 is 0 Å². The molecule has 0 amide bonds. The molecule has 1 N–H and O–H groups in total. The highest BCUT2D eigenvalue weighted by atomic mass is 32.1. The maximum Gasteiger partial charge on any atom is 0.185 e. The fourth-order valence-corrected chi connectivity index (χ4v) is 3.22. The second kappa shape index (κ2) is 4.58. The zero-order valence-corrected chi connectivity index (χ0v) is 11.5. The highest BCUT2D eigenvalue weighted by Gasteiger charge is 2.28. The summed E-state index contributed by atoms with van der Waals surface area (Å²) in [6, 6.07) is 0.785. The van der Waals surface area contributed by atoms with Gasteiger partial charge in [-0.05, 0) is 24.7 Å². The first-order valence-corrected chi connectivity index (χ1v) is 7.47. The van der Waals surface area contributed by atoms with Gasteiger partial charge < -0.3 is 10.2 Å². The van der Waals surface area contributed by atoms with Gasteiger partial charge in [0.2, 0.25) is 0 Å². The number of hydrogen-bond donors (Lipinski definition) is 1. The Bertz CT molecular complexity index is 376. The molecule has 1 aromatic rings. The Hall–Kier alpha value is -0.610. The van der Waals surface area contributed by atoms with Crippen molar-refractivity contribution in [2.24, 2.45) is 11.8 Å². The van der Waals surface area contributed by atoms with E-state index in [-0.39, 0.29) is 0 Å². The minimum Gasteiger partial charge on any atom is -0.348 e. The molecule has 2 atom stereocenters. The molecule has 3 nitrogen and oxygen atoms in total. The first-order valence-electron chi connectivity index (χ1n) is 6.65. The van der Waals surface area contributed by atoms with Gasteiger partial charge >= 0.3 is 0 Å². The number of aromatic nitrogens is 1. The minimum atomic E-state index is 0.785. The Balaban J connectivity index is 1.59. The van der Waals surface area contributed by atoms with Crippen LogP contribution in [0.1, 0.15) is 31.6 Å². The molecule has 1 saturated carbocycles. The van der Waals surface area contributed by atoms with Crippen LogP contribution >= 0.6 is 11.3 Å². The number of nitrogens with zero attached hydrogens (tertiary/aromatic N) is 2. The summed E-state index contributed by atoms with van der Waals surface area (Å²) in [5, 5.41) is 4.76. The van der Waals surface area contributed by atoms with E-state index in [9.17, 15) is 0 Å². The highest BCUT2D eigenvalue weighted by Crippen LogP contribution is 2.31. The van der Waals surface area contributed by atoms with Gasteiger partial charge in [0.25, 0.3) is 0 Å². The van der Waals surface area contributed by atoms with Gasteiger partial charge in [0.15, 0.2) is 5.13 Å². The summed E-state index contributed by atoms with van der Waals surface area (Å²) in [7, 11) is 0. The van der Waals surface area contributed by atoms with E-state index in [4.69, 9.17) is 0 Å². The molecule has 1 aromatic heterocycles. The van der Waals surface area contributed by atoms with Crippen LogP contribution in [0.15, 0.2) is 6.20 Å². The molecule has 17 heavy (non-hydrogen) atoms. The Labute approximate surface area is 107 Å². The zero-order chi connectivity index (χ0) is 11.8. The summed E-state index contributed by atoms with van der Waals surface area (Å²) < 4.78 is 0. The SMILES string of the molecule is CC1CN(c2ncc(CNC3CC3)s2)CC1C. The molecule has 4 heteroatoms. The van der Waals surface area contributed by atoms with Crippen molar-refractivity contribution in [2.45, 2.75) is 39.3 Å². The summed E-state index contributed by atoms with van der Waals surface area (Å²) in [6.45, 7) is 8.03. The molecule has 1 aliphatic carbocycles. The van der Waals surface area contributed by atoms with Gasteiger partial charge in [-0.2, -0.15) is 0 Å². The molecule has 0 spiro atoms. The van der Waals surface area contributed by atoms with Crippen molar-refractivity contribution in [3.05, 3.63) is 11.1 Å². The Morgan fingerprint density at radius 2 is 2.06 bits per heavy atom. The first kappa shape index (κ1) is 11.5. The monoisotopic (exact) mass is 251 g/mol. The quantitative estimate of drug-likeness (QED) is 0.891. The van der Waals surface area contributed by atoms with Gasteiger partial charge in [-0.3, -0.25) is 0 Å². The summed E-state index contributed by atoms with van der Waals surface area (Å²) in [5.41, 5.74) is 0. The van der Waals surface area contributed by atoms with E-state index in [1.165, 1.54) is 35.9 Å². The molecule has 0 radical (unpaired) electrons. The Kier molecular flexibility index (Phi) is 3.09. The number of hydrogen-bond acceptors (Lipinski definition) is 4. The predicted molar refractivity (Wildman–Crippen MR) is 72.5 cm³/mol. The average molecular weight is 251 g/mol. The van der Waals surface area contributed by atoms with Crippen LogP contribution < -0.4 is 10.2 Å². The summed E-state index contributed by atoms with van der Waals surface area (Å²) in [5.74, 6) is 1.60. The van der Waals surface area contributed by atoms with E-state index in [0.717, 1.165) is 24.4 Å². The zero-order valence-electron chi connectivity index (χ0n) is 10.6. The molecule has 2 unspecified atom stereocenters. The van der Waals surface area contributed by atoms with Crippen LogP contribution in [-0.4, -0.2) is 24.1 Å². The van der Waals surface area contributed by atoms with Crippen molar-refractivity contribution in [3.8, 4) is 0 Å². The third-order valence-electron chi connectivity index (χ3n) is 3.94. The van der Waals surface area contributed by atoms with Gasteiger partial charge in [0.05, 0.1) is 0 Å². The van der Waals surface area contributed by atoms with Crippen molar-refractivity contribution in [3.63, 3.8) is 0 Å². The fraction of sp³-hybridized carbons (Fsp3) is 0.769. The van der Waals surface area contributed by atoms with E-state index in [1.807, 2.05) is 17.5 Å². The van der Waals surface area contributed by atoms with Gasteiger partial charge in [-0.1, -0.05) is 13.8 Å². The second-order valence-electron chi connectivity index (χ2n) is 5.62. The molecular formula is C13H21N3S. The van der Waals surface area contributed by atoms with E-state index in [0.29, 0.717) is 0 Å². The summed E-state index contributed by atoms with van der Waals surface area (Å²) in [6.07, 6.45) is 4.75. The lowest BCUT2D eigenvalue weighted by Crippen LogP contribution is -2.19. The largest absolute Gasteiger partial charge is 0.348 e. The van der Waals surface area contributed by atoms with E-state index in [1.54, 1.807) is 0 Å². The van der Waals surface area contributed by atoms with E-state index < -0.39 is 0 Å². The molecule has 1 saturated heterocycles. The van der Waals surface area contributed by atoms with Crippen LogP contribution in [0, 0.1) is 11.8 Å². The summed E-state index contributed by atoms with van der Waals surface area (Å²) in [4.78, 5) is 8.39. The maximum atomic E-state index is 4.57. The molecule has 1 aliphatic heterocycles. The van der Waals surface area contributed by atoms with Crippen LogP contribution in [0.3, 0.4) is 0 Å². The van der Waals surface area contributed by atoms with Gasteiger partial charge in [0, 0.05) is 36.8 Å². The lowest BCUT2D eigenvalue weighted by Gasteiger charge is -2.13. The van der Waals surface area contributed by atoms with Crippen molar-refractivity contribution in [1.82, 2.24) is 10.3 Å². The molecule has 0 bridgehead atoms. The fourth-order valence-electron chi connectivity index (χ4n) is 2.34. The van der Waals surface area contributed by atoms with Crippen molar-refractivity contribution in [2.75, 3.05) is 18.0 Å². The maximum absolute atomic E-state index is 4.57. The lowest BCUT2D eigenvalue weighted by atomic mass is 10.0. The van der Waals surface area contributed by atoms with Crippen molar-refractivity contribution < 1.29 is 0 Å². The van der Waals surface area contributed by atoms with Crippen molar-refractivity contribution in [1.29, 1.82) is 0 Å². The lowest BCUT2D eigenvalue weighted by molar-refractivity contribution is 0.494. The van der Waals surface area contributed by atoms with Crippen LogP contribution in [-0.2, 0) is 6.54 Å². The number of rotatable bonds is 4. The summed E-state index contributed by atoms with van der Waals surface area (Å²) >= 11 is 1.86. The van der Waals surface area contributed by atoms with Crippen LogP contribution in [0.4, 0.5) is 5.13 Å². The van der Waals surface area contributed by atoms with Crippen LogP contribution in [0.2, 0.25) is 0 Å². The standard InChI is InChI=1S/C13H21N3S/c1-9-7-16(8-10(9)2)13-15-6-12(17-13)5-14-11-3-4-11/h6,9-11,14H,3-5,7-8H2,1-2H3. The smallest absolute Gasteiger partial charge is 0.185 e. The van der Waals surface area contributed by atoms with Crippen LogP contribution in [0.25, 0.3) is 0 Å². The molecule has 3 rings (SSSR count). The van der Waals surface area contributed by atoms with Crippen molar-refractivity contribution >= 4 is 16.5 Å². The molecular weight excluding hydrogens is 230 g/mol. The Morgan fingerprint density at radius 3 is 2.71 bits per heavy atom. The number of thiazole rings is 1. The third kappa shape index (κ3) is 2.63. The third-order valence-corrected chi connectivity index (χ3v) is 5.00. The van der Waals surface area contributed by atoms with Crippen LogP contribution in [0.5, 0.6) is 0 Å². The second-order valence-corrected chi connectivity index (χ2v) is 6.72. The topological polar surface area (TPSA) is 28.2 Å². The van der Waals surface area contributed by atoms with Gasteiger partial charge in [-0.25, -0.2) is 4.98 Å². The molecule has 2 fully saturated rings. The normalized spacial score (nSPS) is 28.9. The first-order chi connectivity index (χ1) is 8.22. The molecule has 2 aliphatic rings. The minimum absolute atomic E-state index is 0.785.